The summed E-state index contributed by atoms with van der Waals surface area (Å²) < 4.78 is 6.93. The van der Waals surface area contributed by atoms with Crippen molar-refractivity contribution in [2.45, 2.75) is 39.0 Å². The summed E-state index contributed by atoms with van der Waals surface area (Å²) in [4.78, 5) is 16.3. The van der Waals surface area contributed by atoms with Crippen molar-refractivity contribution in [2.24, 2.45) is 0 Å². The average Bonchev–Trinajstić information content (AvgIpc) is 3.28. The summed E-state index contributed by atoms with van der Waals surface area (Å²) in [6.45, 7) is 2.07. The number of hydrogen-bond acceptors (Lipinski definition) is 5. The zero-order valence-electron chi connectivity index (χ0n) is 14.2. The molecule has 25 heavy (non-hydrogen) atoms. The van der Waals surface area contributed by atoms with Crippen molar-refractivity contribution in [1.29, 1.82) is 0 Å². The highest BCUT2D eigenvalue weighted by molar-refractivity contribution is 5.90. The molecular weight excluding hydrogens is 318 g/mol. The Bertz CT molecular complexity index is 793. The van der Waals surface area contributed by atoms with Crippen molar-refractivity contribution < 1.29 is 9.32 Å². The van der Waals surface area contributed by atoms with Crippen LogP contribution in [0.1, 0.15) is 37.9 Å². The third kappa shape index (κ3) is 4.76. The van der Waals surface area contributed by atoms with Gasteiger partial charge in [-0.05, 0) is 43.2 Å². The minimum absolute atomic E-state index is 0.0277. The summed E-state index contributed by atoms with van der Waals surface area (Å²) in [5.41, 5.74) is 1.71. The first-order chi connectivity index (χ1) is 12.2. The van der Waals surface area contributed by atoms with Crippen LogP contribution >= 0.6 is 0 Å². The van der Waals surface area contributed by atoms with E-state index in [2.05, 4.69) is 27.5 Å². The van der Waals surface area contributed by atoms with Crippen LogP contribution in [0.3, 0.4) is 0 Å². The lowest BCUT2D eigenvalue weighted by atomic mass is 10.2. The molecule has 3 rings (SSSR count). The number of aryl methyl sites for hydroxylation is 2. The van der Waals surface area contributed by atoms with Gasteiger partial charge in [0, 0.05) is 37.3 Å². The average molecular weight is 339 g/mol. The summed E-state index contributed by atoms with van der Waals surface area (Å²) in [6, 6.07) is 9.42. The summed E-state index contributed by atoms with van der Waals surface area (Å²) in [5.74, 6) is 1.30. The highest BCUT2D eigenvalue weighted by Gasteiger charge is 2.08. The van der Waals surface area contributed by atoms with Crippen LogP contribution in [-0.4, -0.2) is 25.8 Å². The number of anilines is 1. The molecule has 7 heteroatoms. The monoisotopic (exact) mass is 339 g/mol. The van der Waals surface area contributed by atoms with Crippen LogP contribution in [0.25, 0.3) is 5.69 Å². The number of nitrogens with one attached hydrogen (secondary N) is 1. The summed E-state index contributed by atoms with van der Waals surface area (Å²) in [7, 11) is 0. The molecule has 2 heterocycles. The van der Waals surface area contributed by atoms with E-state index in [0.29, 0.717) is 25.2 Å². The molecule has 1 aromatic carbocycles. The van der Waals surface area contributed by atoms with E-state index >= 15 is 0 Å². The summed E-state index contributed by atoms with van der Waals surface area (Å²) >= 11 is 0. The minimum Gasteiger partial charge on any atom is -0.339 e. The Balaban J connectivity index is 1.44. The first kappa shape index (κ1) is 16.9. The normalized spacial score (nSPS) is 10.8. The lowest BCUT2D eigenvalue weighted by molar-refractivity contribution is -0.116. The molecule has 0 fully saturated rings. The molecule has 0 aliphatic heterocycles. The Morgan fingerprint density at radius 1 is 1.24 bits per heavy atom. The second kappa shape index (κ2) is 8.23. The molecule has 0 atom stereocenters. The van der Waals surface area contributed by atoms with Crippen LogP contribution in [0.4, 0.5) is 5.69 Å². The van der Waals surface area contributed by atoms with Gasteiger partial charge >= 0.3 is 0 Å². The van der Waals surface area contributed by atoms with Gasteiger partial charge in [0.15, 0.2) is 5.82 Å². The van der Waals surface area contributed by atoms with Crippen LogP contribution in [0.2, 0.25) is 0 Å². The number of rotatable bonds is 8. The van der Waals surface area contributed by atoms with Gasteiger partial charge in [-0.15, -0.1) is 0 Å². The summed E-state index contributed by atoms with van der Waals surface area (Å²) in [5, 5.41) is 11.0. The third-order valence-electron chi connectivity index (χ3n) is 3.70. The van der Waals surface area contributed by atoms with Crippen molar-refractivity contribution in [1.82, 2.24) is 19.9 Å². The Kier molecular flexibility index (Phi) is 5.56. The van der Waals surface area contributed by atoms with Crippen molar-refractivity contribution in [3.63, 3.8) is 0 Å². The van der Waals surface area contributed by atoms with E-state index in [-0.39, 0.29) is 5.91 Å². The van der Waals surface area contributed by atoms with Gasteiger partial charge in [-0.3, -0.25) is 4.79 Å². The molecule has 3 aromatic rings. The summed E-state index contributed by atoms with van der Waals surface area (Å²) in [6.07, 6.45) is 7.10. The standard InChI is InChI=1S/C18H21N5O2/c1-2-5-16-21-18(25-22-16)7-3-6-17(24)20-14-8-10-15(11-9-14)23-13-4-12-19-23/h4,8-13H,2-3,5-7H2,1H3,(H,20,24). The number of nitrogens with zero attached hydrogens (tertiary/aromatic N) is 4. The molecular formula is C18H21N5O2. The Hall–Kier alpha value is -2.96. The van der Waals surface area contributed by atoms with E-state index in [1.165, 1.54) is 0 Å². The van der Waals surface area contributed by atoms with Gasteiger partial charge in [-0.2, -0.15) is 10.1 Å². The Morgan fingerprint density at radius 2 is 2.08 bits per heavy atom. The molecule has 0 radical (unpaired) electrons. The van der Waals surface area contributed by atoms with Crippen LogP contribution in [0.5, 0.6) is 0 Å². The SMILES string of the molecule is CCCc1noc(CCCC(=O)Nc2ccc(-n3cccn3)cc2)n1. The smallest absolute Gasteiger partial charge is 0.226 e. The van der Waals surface area contributed by atoms with Crippen molar-refractivity contribution in [3.05, 3.63) is 54.4 Å². The van der Waals surface area contributed by atoms with E-state index in [1.54, 1.807) is 10.9 Å². The molecule has 0 saturated carbocycles. The highest BCUT2D eigenvalue weighted by atomic mass is 16.5. The number of amides is 1. The molecule has 2 aromatic heterocycles. The maximum atomic E-state index is 12.0. The molecule has 0 spiro atoms. The fourth-order valence-electron chi connectivity index (χ4n) is 2.46. The van der Waals surface area contributed by atoms with Crippen LogP contribution in [0, 0.1) is 0 Å². The van der Waals surface area contributed by atoms with E-state index in [0.717, 1.165) is 30.0 Å². The second-order valence-corrected chi connectivity index (χ2v) is 5.75. The van der Waals surface area contributed by atoms with E-state index in [1.807, 2.05) is 36.5 Å². The Labute approximate surface area is 146 Å². The van der Waals surface area contributed by atoms with Gasteiger partial charge in [-0.25, -0.2) is 4.68 Å². The van der Waals surface area contributed by atoms with Crippen molar-refractivity contribution in [2.75, 3.05) is 5.32 Å². The second-order valence-electron chi connectivity index (χ2n) is 5.75. The van der Waals surface area contributed by atoms with Gasteiger partial charge in [0.1, 0.15) is 0 Å². The zero-order chi connectivity index (χ0) is 17.5. The zero-order valence-corrected chi connectivity index (χ0v) is 14.2. The number of aromatic nitrogens is 4. The van der Waals surface area contributed by atoms with Crippen molar-refractivity contribution >= 4 is 11.6 Å². The molecule has 7 nitrogen and oxygen atoms in total. The number of carbonyl (C=O) groups is 1. The maximum Gasteiger partial charge on any atom is 0.226 e. The van der Waals surface area contributed by atoms with Crippen molar-refractivity contribution in [3.8, 4) is 5.69 Å². The van der Waals surface area contributed by atoms with E-state index in [4.69, 9.17) is 4.52 Å². The van der Waals surface area contributed by atoms with Gasteiger partial charge in [0.25, 0.3) is 0 Å². The first-order valence-electron chi connectivity index (χ1n) is 8.46. The molecule has 130 valence electrons. The largest absolute Gasteiger partial charge is 0.339 e. The van der Waals surface area contributed by atoms with Crippen LogP contribution in [-0.2, 0) is 17.6 Å². The number of benzene rings is 1. The third-order valence-corrected chi connectivity index (χ3v) is 3.70. The molecule has 0 saturated heterocycles. The minimum atomic E-state index is -0.0277. The van der Waals surface area contributed by atoms with Gasteiger partial charge in [-0.1, -0.05) is 12.1 Å². The van der Waals surface area contributed by atoms with Gasteiger partial charge in [0.2, 0.25) is 11.8 Å². The maximum absolute atomic E-state index is 12.0. The predicted octanol–water partition coefficient (Wildman–Crippen LogP) is 3.17. The number of carbonyl (C=O) groups excluding carboxylic acids is 1. The van der Waals surface area contributed by atoms with Crippen LogP contribution in [0.15, 0.2) is 47.2 Å². The van der Waals surface area contributed by atoms with Gasteiger partial charge < -0.3 is 9.84 Å². The van der Waals surface area contributed by atoms with Gasteiger partial charge in [0.05, 0.1) is 5.69 Å². The predicted molar refractivity (Wildman–Crippen MR) is 93.4 cm³/mol. The lowest BCUT2D eigenvalue weighted by Crippen LogP contribution is -2.11. The quantitative estimate of drug-likeness (QED) is 0.681. The molecule has 0 unspecified atom stereocenters. The topological polar surface area (TPSA) is 85.8 Å². The van der Waals surface area contributed by atoms with Crippen LogP contribution < -0.4 is 5.32 Å². The molecule has 1 amide bonds. The highest BCUT2D eigenvalue weighted by Crippen LogP contribution is 2.13. The molecule has 1 N–H and O–H groups in total. The first-order valence-corrected chi connectivity index (χ1v) is 8.46. The molecule has 0 aliphatic carbocycles. The fraction of sp³-hybridized carbons (Fsp3) is 0.333. The molecule has 0 bridgehead atoms. The fourth-order valence-corrected chi connectivity index (χ4v) is 2.46. The van der Waals surface area contributed by atoms with E-state index in [9.17, 15) is 4.79 Å². The lowest BCUT2D eigenvalue weighted by Gasteiger charge is -2.06. The van der Waals surface area contributed by atoms with E-state index < -0.39 is 0 Å². The number of hydrogen-bond donors (Lipinski definition) is 1. The molecule has 0 aliphatic rings. The Morgan fingerprint density at radius 3 is 2.80 bits per heavy atom.